The average molecular weight is 638 g/mol. The number of pyridine rings is 1. The van der Waals surface area contributed by atoms with Gasteiger partial charge in [-0.05, 0) is 36.6 Å². The van der Waals surface area contributed by atoms with Gasteiger partial charge in [-0.3, -0.25) is 4.98 Å². The number of aromatic nitrogens is 5. The van der Waals surface area contributed by atoms with Crippen molar-refractivity contribution in [3.63, 3.8) is 0 Å². The Morgan fingerprint density at radius 3 is 2.64 bits per heavy atom. The summed E-state index contributed by atoms with van der Waals surface area (Å²) in [6.45, 7) is 0.587. The SMILES string of the molecule is COc1cc(-c2ccc(CN[C@H]3C[C@@H](O)[C@@H](N(C)c4ncnc5sc(CC(F)(F)F)cc45)C3)cc2)nnc1Oc1cccnc1. The molecule has 234 valence electrons. The van der Waals surface area contributed by atoms with Gasteiger partial charge in [0.05, 0.1) is 43.0 Å². The van der Waals surface area contributed by atoms with Gasteiger partial charge < -0.3 is 24.8 Å². The van der Waals surface area contributed by atoms with Crippen LogP contribution in [0.25, 0.3) is 21.5 Å². The first-order valence-electron chi connectivity index (χ1n) is 14.2. The number of halogens is 3. The third kappa shape index (κ3) is 7.13. The Balaban J connectivity index is 1.07. The standard InChI is InChI=1S/C31H30F3N7O3S/c1-41(28-23-12-22(14-31(32,33)34)45-30(23)38-17-37-28)25-10-20(11-26(25)42)36-15-18-5-7-19(8-6-18)24-13-27(43-2)29(40-39-24)44-21-4-3-9-35-16-21/h3-9,12-13,16-17,20,25-26,36,42H,10-11,14-15H2,1-2H3/t20-,25+,26-/m1/s1. The molecule has 1 fully saturated rings. The first kappa shape index (κ1) is 30.6. The molecule has 0 radical (unpaired) electrons. The predicted octanol–water partition coefficient (Wildman–Crippen LogP) is 5.57. The lowest BCUT2D eigenvalue weighted by Gasteiger charge is -2.28. The van der Waals surface area contributed by atoms with Crippen LogP contribution in [0.3, 0.4) is 0 Å². The Kier molecular flexibility index (Phi) is 8.79. The van der Waals surface area contributed by atoms with Gasteiger partial charge in [-0.15, -0.1) is 21.5 Å². The van der Waals surface area contributed by atoms with E-state index >= 15 is 0 Å². The fourth-order valence-corrected chi connectivity index (χ4v) is 6.51. The van der Waals surface area contributed by atoms with Crippen molar-refractivity contribution >= 4 is 27.4 Å². The Labute approximate surface area is 260 Å². The molecule has 4 aromatic heterocycles. The van der Waals surface area contributed by atoms with E-state index in [1.54, 1.807) is 37.7 Å². The lowest BCUT2D eigenvalue weighted by molar-refractivity contribution is -0.126. The monoisotopic (exact) mass is 637 g/mol. The molecule has 14 heteroatoms. The van der Waals surface area contributed by atoms with Crippen LogP contribution in [0.5, 0.6) is 17.4 Å². The molecule has 10 nitrogen and oxygen atoms in total. The van der Waals surface area contributed by atoms with Crippen molar-refractivity contribution in [2.75, 3.05) is 19.1 Å². The number of rotatable bonds is 10. The second-order valence-corrected chi connectivity index (χ2v) is 11.9. The van der Waals surface area contributed by atoms with Crippen LogP contribution in [-0.2, 0) is 13.0 Å². The number of ether oxygens (including phenoxy) is 2. The van der Waals surface area contributed by atoms with Gasteiger partial charge in [0.25, 0.3) is 5.88 Å². The Morgan fingerprint density at radius 1 is 1.09 bits per heavy atom. The van der Waals surface area contributed by atoms with E-state index < -0.39 is 18.7 Å². The third-order valence-corrected chi connectivity index (χ3v) is 8.75. The number of thiophene rings is 1. The van der Waals surface area contributed by atoms with Crippen molar-refractivity contribution in [1.29, 1.82) is 0 Å². The Bertz CT molecular complexity index is 1760. The molecular weight excluding hydrogens is 607 g/mol. The summed E-state index contributed by atoms with van der Waals surface area (Å²) in [5.41, 5.74) is 2.54. The highest BCUT2D eigenvalue weighted by molar-refractivity contribution is 7.18. The summed E-state index contributed by atoms with van der Waals surface area (Å²) >= 11 is 1.01. The van der Waals surface area contributed by atoms with Gasteiger partial charge in [0, 0.05) is 42.3 Å². The zero-order valence-corrected chi connectivity index (χ0v) is 25.2. The summed E-state index contributed by atoms with van der Waals surface area (Å²) in [6, 6.07) is 14.5. The summed E-state index contributed by atoms with van der Waals surface area (Å²) in [6.07, 6.45) is -0.181. The van der Waals surface area contributed by atoms with Crippen molar-refractivity contribution in [2.24, 2.45) is 0 Å². The van der Waals surface area contributed by atoms with Crippen LogP contribution in [0.15, 0.2) is 67.3 Å². The smallest absolute Gasteiger partial charge is 0.393 e. The second-order valence-electron chi connectivity index (χ2n) is 10.8. The van der Waals surface area contributed by atoms with Crippen molar-refractivity contribution in [1.82, 2.24) is 30.5 Å². The van der Waals surface area contributed by atoms with Gasteiger partial charge in [-0.2, -0.15) is 13.2 Å². The first-order valence-corrected chi connectivity index (χ1v) is 15.0. The second kappa shape index (κ2) is 12.9. The number of nitrogens with zero attached hydrogens (tertiary/aromatic N) is 6. The van der Waals surface area contributed by atoms with Gasteiger partial charge in [0.1, 0.15) is 22.7 Å². The summed E-state index contributed by atoms with van der Waals surface area (Å²) in [4.78, 5) is 15.1. The molecular formula is C31H30F3N7O3S. The average Bonchev–Trinajstić information content (AvgIpc) is 3.61. The lowest BCUT2D eigenvalue weighted by atomic mass is 10.1. The van der Waals surface area contributed by atoms with Crippen LogP contribution in [0.1, 0.15) is 23.3 Å². The van der Waals surface area contributed by atoms with Crippen LogP contribution in [0, 0.1) is 0 Å². The summed E-state index contributed by atoms with van der Waals surface area (Å²) < 4.78 is 50.1. The molecule has 6 rings (SSSR count). The van der Waals surface area contributed by atoms with Crippen LogP contribution in [-0.4, -0.2) is 68.8 Å². The number of hydrogen-bond donors (Lipinski definition) is 2. The number of nitrogens with one attached hydrogen (secondary N) is 1. The quantitative estimate of drug-likeness (QED) is 0.201. The number of hydrogen-bond acceptors (Lipinski definition) is 11. The molecule has 1 aromatic carbocycles. The highest BCUT2D eigenvalue weighted by Crippen LogP contribution is 2.36. The molecule has 2 N–H and O–H groups in total. The van der Waals surface area contributed by atoms with E-state index in [2.05, 4.69) is 30.5 Å². The number of anilines is 1. The van der Waals surface area contributed by atoms with E-state index in [0.29, 0.717) is 52.6 Å². The van der Waals surface area contributed by atoms with Crippen molar-refractivity contribution in [3.05, 3.63) is 77.7 Å². The van der Waals surface area contributed by atoms with Crippen LogP contribution in [0.4, 0.5) is 19.0 Å². The van der Waals surface area contributed by atoms with Crippen molar-refractivity contribution < 1.29 is 27.8 Å². The van der Waals surface area contributed by atoms with E-state index in [-0.39, 0.29) is 22.8 Å². The Morgan fingerprint density at radius 2 is 1.91 bits per heavy atom. The van der Waals surface area contributed by atoms with Crippen LogP contribution in [0.2, 0.25) is 0 Å². The predicted molar refractivity (Wildman–Crippen MR) is 164 cm³/mol. The fourth-order valence-electron chi connectivity index (χ4n) is 5.49. The normalized spacial score (nSPS) is 18.3. The van der Waals surface area contributed by atoms with Crippen molar-refractivity contribution in [2.45, 2.75) is 50.2 Å². The number of benzene rings is 1. The van der Waals surface area contributed by atoms with Gasteiger partial charge in [0.2, 0.25) is 0 Å². The van der Waals surface area contributed by atoms with Gasteiger partial charge >= 0.3 is 6.18 Å². The number of aliphatic hydroxyl groups is 1. The van der Waals surface area contributed by atoms with E-state index in [4.69, 9.17) is 9.47 Å². The van der Waals surface area contributed by atoms with E-state index in [9.17, 15) is 18.3 Å². The molecule has 0 spiro atoms. The summed E-state index contributed by atoms with van der Waals surface area (Å²) in [7, 11) is 3.35. The number of fused-ring (bicyclic) bond motifs is 1. The highest BCUT2D eigenvalue weighted by atomic mass is 32.1. The zero-order valence-electron chi connectivity index (χ0n) is 24.4. The minimum Gasteiger partial charge on any atom is -0.491 e. The minimum atomic E-state index is -4.30. The molecule has 5 aromatic rings. The molecule has 4 heterocycles. The van der Waals surface area contributed by atoms with E-state index in [1.165, 1.54) is 12.4 Å². The van der Waals surface area contributed by atoms with E-state index in [1.807, 2.05) is 36.2 Å². The molecule has 1 aliphatic carbocycles. The van der Waals surface area contributed by atoms with Crippen molar-refractivity contribution in [3.8, 4) is 28.6 Å². The van der Waals surface area contributed by atoms with Gasteiger partial charge in [0.15, 0.2) is 5.75 Å². The highest BCUT2D eigenvalue weighted by Gasteiger charge is 2.37. The van der Waals surface area contributed by atoms with Crippen LogP contribution < -0.4 is 19.7 Å². The lowest BCUT2D eigenvalue weighted by Crippen LogP contribution is -2.38. The first-order chi connectivity index (χ1) is 21.7. The maximum atomic E-state index is 13.0. The molecule has 0 saturated heterocycles. The minimum absolute atomic E-state index is 0.0372. The molecule has 3 atom stereocenters. The number of alkyl halides is 3. The maximum absolute atomic E-state index is 13.0. The molecule has 0 bridgehead atoms. The number of aliphatic hydroxyl groups excluding tert-OH is 1. The zero-order chi connectivity index (χ0) is 31.6. The molecule has 1 saturated carbocycles. The Hall–Kier alpha value is -4.40. The largest absolute Gasteiger partial charge is 0.491 e. The molecule has 1 aliphatic rings. The summed E-state index contributed by atoms with van der Waals surface area (Å²) in [5.74, 6) is 1.72. The summed E-state index contributed by atoms with van der Waals surface area (Å²) in [5, 5.41) is 23.5. The van der Waals surface area contributed by atoms with Gasteiger partial charge in [-0.1, -0.05) is 24.3 Å². The molecule has 0 unspecified atom stereocenters. The fraction of sp³-hybridized carbons (Fsp3) is 0.323. The van der Waals surface area contributed by atoms with Crippen LogP contribution >= 0.6 is 11.3 Å². The number of likely N-dealkylation sites (N-methyl/N-ethyl adjacent to an activating group) is 1. The third-order valence-electron chi connectivity index (χ3n) is 7.70. The molecule has 0 aliphatic heterocycles. The van der Waals surface area contributed by atoms with E-state index in [0.717, 1.165) is 22.5 Å². The number of methoxy groups -OCH3 is 1. The topological polar surface area (TPSA) is 118 Å². The molecule has 0 amide bonds. The van der Waals surface area contributed by atoms with Gasteiger partial charge in [-0.25, -0.2) is 9.97 Å². The molecule has 45 heavy (non-hydrogen) atoms. The maximum Gasteiger partial charge on any atom is 0.393 e.